The first-order valence-corrected chi connectivity index (χ1v) is 6.24. The highest BCUT2D eigenvalue weighted by Crippen LogP contribution is 2.06. The zero-order valence-electron chi connectivity index (χ0n) is 11.2. The van der Waals surface area contributed by atoms with E-state index in [1.54, 1.807) is 0 Å². The van der Waals surface area contributed by atoms with Gasteiger partial charge in [0.15, 0.2) is 0 Å². The number of hydrogen-bond acceptors (Lipinski definition) is 2. The first-order chi connectivity index (χ1) is 8.54. The van der Waals surface area contributed by atoms with Crippen LogP contribution in [0.1, 0.15) is 25.0 Å². The lowest BCUT2D eigenvalue weighted by atomic mass is 10.1. The molecule has 0 saturated heterocycles. The summed E-state index contributed by atoms with van der Waals surface area (Å²) in [6.07, 6.45) is 0. The quantitative estimate of drug-likeness (QED) is 0.746. The third-order valence-corrected chi connectivity index (χ3v) is 3.20. The third kappa shape index (κ3) is 4.37. The Balaban J connectivity index is 2.40. The van der Waals surface area contributed by atoms with Gasteiger partial charge < -0.3 is 15.7 Å². The van der Waals surface area contributed by atoms with Gasteiger partial charge >= 0.3 is 6.03 Å². The van der Waals surface area contributed by atoms with Crippen LogP contribution < -0.4 is 10.6 Å². The topological polar surface area (TPSA) is 61.4 Å². The molecule has 0 radical (unpaired) electrons. The van der Waals surface area contributed by atoms with E-state index in [4.69, 9.17) is 5.11 Å². The molecule has 0 saturated carbocycles. The van der Waals surface area contributed by atoms with Crippen LogP contribution in [-0.2, 0) is 6.54 Å². The molecule has 3 N–H and O–H groups in total. The van der Waals surface area contributed by atoms with Gasteiger partial charge in [-0.05, 0) is 30.9 Å². The molecule has 18 heavy (non-hydrogen) atoms. The second-order valence-corrected chi connectivity index (χ2v) is 4.70. The minimum absolute atomic E-state index is 0.0492. The molecule has 2 atom stereocenters. The fourth-order valence-corrected chi connectivity index (χ4v) is 1.54. The lowest BCUT2D eigenvalue weighted by molar-refractivity contribution is 0.200. The van der Waals surface area contributed by atoms with Crippen LogP contribution in [0.25, 0.3) is 0 Å². The molecule has 0 aromatic heterocycles. The van der Waals surface area contributed by atoms with Gasteiger partial charge in [0.1, 0.15) is 0 Å². The van der Waals surface area contributed by atoms with Gasteiger partial charge in [0.2, 0.25) is 0 Å². The number of urea groups is 1. The molecule has 0 spiro atoms. The Kier molecular flexibility index (Phi) is 5.65. The highest BCUT2D eigenvalue weighted by Gasteiger charge is 2.13. The summed E-state index contributed by atoms with van der Waals surface area (Å²) >= 11 is 0. The van der Waals surface area contributed by atoms with E-state index in [0.717, 1.165) is 11.1 Å². The lowest BCUT2D eigenvalue weighted by Crippen LogP contribution is -2.44. The third-order valence-electron chi connectivity index (χ3n) is 3.20. The predicted octanol–water partition coefficient (Wildman–Crippen LogP) is 1.81. The molecule has 0 bridgehead atoms. The van der Waals surface area contributed by atoms with E-state index in [-0.39, 0.29) is 24.6 Å². The van der Waals surface area contributed by atoms with Crippen LogP contribution in [0.15, 0.2) is 24.3 Å². The fraction of sp³-hybridized carbons (Fsp3) is 0.500. The second-order valence-electron chi connectivity index (χ2n) is 4.70. The summed E-state index contributed by atoms with van der Waals surface area (Å²) in [6.45, 7) is 6.38. The Labute approximate surface area is 108 Å². The van der Waals surface area contributed by atoms with Crippen LogP contribution in [-0.4, -0.2) is 23.8 Å². The predicted molar refractivity (Wildman–Crippen MR) is 72.3 cm³/mol. The molecular weight excluding hydrogens is 228 g/mol. The molecule has 100 valence electrons. The maximum absolute atomic E-state index is 11.7. The fourth-order valence-electron chi connectivity index (χ4n) is 1.54. The van der Waals surface area contributed by atoms with Crippen LogP contribution in [0.4, 0.5) is 4.79 Å². The van der Waals surface area contributed by atoms with Crippen molar-refractivity contribution in [3.63, 3.8) is 0 Å². The summed E-state index contributed by atoms with van der Waals surface area (Å²) < 4.78 is 0. The lowest BCUT2D eigenvalue weighted by Gasteiger charge is -2.19. The number of carbonyl (C=O) groups is 1. The average molecular weight is 250 g/mol. The van der Waals surface area contributed by atoms with Gasteiger partial charge in [0, 0.05) is 19.2 Å². The Hall–Kier alpha value is -1.55. The summed E-state index contributed by atoms with van der Waals surface area (Å²) in [5, 5.41) is 14.6. The van der Waals surface area contributed by atoms with Crippen LogP contribution in [0.5, 0.6) is 0 Å². The largest absolute Gasteiger partial charge is 0.396 e. The van der Waals surface area contributed by atoms with Crippen molar-refractivity contribution in [1.82, 2.24) is 10.6 Å². The Morgan fingerprint density at radius 3 is 2.61 bits per heavy atom. The van der Waals surface area contributed by atoms with Crippen LogP contribution in [0, 0.1) is 12.8 Å². The molecule has 4 heteroatoms. The van der Waals surface area contributed by atoms with E-state index in [2.05, 4.69) is 10.6 Å². The molecule has 1 rings (SSSR count). The Morgan fingerprint density at radius 2 is 2.00 bits per heavy atom. The number of carbonyl (C=O) groups excluding carboxylic acids is 1. The number of rotatable bonds is 5. The summed E-state index contributed by atoms with van der Waals surface area (Å²) in [5.74, 6) is 0.0502. The summed E-state index contributed by atoms with van der Waals surface area (Å²) in [4.78, 5) is 11.7. The van der Waals surface area contributed by atoms with Gasteiger partial charge in [-0.15, -0.1) is 0 Å². The van der Waals surface area contributed by atoms with E-state index in [0.29, 0.717) is 6.54 Å². The van der Waals surface area contributed by atoms with E-state index in [9.17, 15) is 4.79 Å². The van der Waals surface area contributed by atoms with Crippen molar-refractivity contribution in [1.29, 1.82) is 0 Å². The highest BCUT2D eigenvalue weighted by atomic mass is 16.3. The van der Waals surface area contributed by atoms with E-state index in [1.165, 1.54) is 0 Å². The van der Waals surface area contributed by atoms with Gasteiger partial charge in [-0.25, -0.2) is 4.79 Å². The van der Waals surface area contributed by atoms with Crippen LogP contribution >= 0.6 is 0 Å². The molecule has 0 fully saturated rings. The van der Waals surface area contributed by atoms with Gasteiger partial charge in [-0.1, -0.05) is 31.2 Å². The van der Waals surface area contributed by atoms with Crippen molar-refractivity contribution in [3.05, 3.63) is 35.4 Å². The first kappa shape index (κ1) is 14.5. The molecule has 0 heterocycles. The Bertz CT molecular complexity index is 393. The van der Waals surface area contributed by atoms with E-state index in [1.807, 2.05) is 45.0 Å². The average Bonchev–Trinajstić information content (AvgIpc) is 2.36. The van der Waals surface area contributed by atoms with Crippen molar-refractivity contribution >= 4 is 6.03 Å². The summed E-state index contributed by atoms with van der Waals surface area (Å²) in [6, 6.07) is 7.70. The molecule has 0 aliphatic rings. The molecular formula is C14H22N2O2. The smallest absolute Gasteiger partial charge is 0.315 e. The number of aliphatic hydroxyl groups excluding tert-OH is 1. The van der Waals surface area contributed by atoms with Crippen molar-refractivity contribution in [3.8, 4) is 0 Å². The molecule has 0 aliphatic carbocycles. The molecule has 0 aliphatic heterocycles. The van der Waals surface area contributed by atoms with Gasteiger partial charge in [0.25, 0.3) is 0 Å². The minimum Gasteiger partial charge on any atom is -0.396 e. The SMILES string of the molecule is Cc1ccccc1CNC(=O)NC(C)C(C)CO. The molecule has 1 aromatic rings. The maximum Gasteiger partial charge on any atom is 0.315 e. The minimum atomic E-state index is -0.203. The number of aryl methyl sites for hydroxylation is 1. The standard InChI is InChI=1S/C14H22N2O2/c1-10-6-4-5-7-13(10)8-15-14(18)16-12(3)11(2)9-17/h4-7,11-12,17H,8-9H2,1-3H3,(H2,15,16,18). The van der Waals surface area contributed by atoms with Crippen LogP contribution in [0.3, 0.4) is 0 Å². The van der Waals surface area contributed by atoms with Crippen molar-refractivity contribution in [2.45, 2.75) is 33.4 Å². The second kappa shape index (κ2) is 7.01. The number of aliphatic hydroxyl groups is 1. The molecule has 2 amide bonds. The summed E-state index contributed by atoms with van der Waals surface area (Å²) in [5.41, 5.74) is 2.27. The number of nitrogens with one attached hydrogen (secondary N) is 2. The van der Waals surface area contributed by atoms with Gasteiger partial charge in [0.05, 0.1) is 0 Å². The number of benzene rings is 1. The van der Waals surface area contributed by atoms with Crippen LogP contribution in [0.2, 0.25) is 0 Å². The maximum atomic E-state index is 11.7. The summed E-state index contributed by atoms with van der Waals surface area (Å²) in [7, 11) is 0. The van der Waals surface area contributed by atoms with E-state index < -0.39 is 0 Å². The molecule has 1 aromatic carbocycles. The zero-order chi connectivity index (χ0) is 13.5. The first-order valence-electron chi connectivity index (χ1n) is 6.24. The molecule has 2 unspecified atom stereocenters. The van der Waals surface area contributed by atoms with Crippen molar-refractivity contribution in [2.75, 3.05) is 6.61 Å². The number of hydrogen-bond donors (Lipinski definition) is 3. The Morgan fingerprint density at radius 1 is 1.33 bits per heavy atom. The van der Waals surface area contributed by atoms with Gasteiger partial charge in [-0.3, -0.25) is 0 Å². The highest BCUT2D eigenvalue weighted by molar-refractivity contribution is 5.74. The van der Waals surface area contributed by atoms with Crippen molar-refractivity contribution in [2.24, 2.45) is 5.92 Å². The molecule has 4 nitrogen and oxygen atoms in total. The van der Waals surface area contributed by atoms with Gasteiger partial charge in [-0.2, -0.15) is 0 Å². The van der Waals surface area contributed by atoms with Crippen molar-refractivity contribution < 1.29 is 9.90 Å². The van der Waals surface area contributed by atoms with E-state index >= 15 is 0 Å². The normalized spacial score (nSPS) is 13.8. The monoisotopic (exact) mass is 250 g/mol. The zero-order valence-corrected chi connectivity index (χ0v) is 11.2. The number of amides is 2.